The Morgan fingerprint density at radius 3 is 2.46 bits per heavy atom. The Kier molecular flexibility index (Phi) is 7.42. The van der Waals surface area contributed by atoms with Crippen molar-refractivity contribution in [3.8, 4) is 17.2 Å². The minimum absolute atomic E-state index is 0.158. The van der Waals surface area contributed by atoms with E-state index >= 15 is 0 Å². The zero-order valence-electron chi connectivity index (χ0n) is 19.5. The van der Waals surface area contributed by atoms with Crippen LogP contribution in [0.5, 0.6) is 11.5 Å². The van der Waals surface area contributed by atoms with Gasteiger partial charge in [0.05, 0.1) is 19.5 Å². The topological polar surface area (TPSA) is 94.5 Å². The van der Waals surface area contributed by atoms with Crippen molar-refractivity contribution >= 4 is 17.5 Å². The number of rotatable bonds is 9. The first kappa shape index (κ1) is 23.6. The molecule has 2 N–H and O–H groups in total. The molecule has 0 fully saturated rings. The summed E-state index contributed by atoms with van der Waals surface area (Å²) in [6.07, 6.45) is 5.34. The third kappa shape index (κ3) is 6.26. The number of aromatic nitrogens is 2. The van der Waals surface area contributed by atoms with Crippen LogP contribution >= 0.6 is 0 Å². The van der Waals surface area contributed by atoms with Crippen molar-refractivity contribution in [1.29, 1.82) is 0 Å². The van der Waals surface area contributed by atoms with Gasteiger partial charge < -0.3 is 24.7 Å². The Labute approximate surface area is 203 Å². The van der Waals surface area contributed by atoms with E-state index in [1.807, 2.05) is 42.0 Å². The second-order valence-corrected chi connectivity index (χ2v) is 7.85. The summed E-state index contributed by atoms with van der Waals surface area (Å²) < 4.78 is 12.6. The van der Waals surface area contributed by atoms with Crippen LogP contribution in [0.25, 0.3) is 5.69 Å². The number of nitrogens with one attached hydrogen (secondary N) is 2. The van der Waals surface area contributed by atoms with Gasteiger partial charge in [0.1, 0.15) is 11.5 Å². The first-order valence-corrected chi connectivity index (χ1v) is 11.1. The number of methoxy groups -OCH3 is 1. The van der Waals surface area contributed by atoms with Gasteiger partial charge in [0.2, 0.25) is 0 Å². The fourth-order valence-electron chi connectivity index (χ4n) is 3.46. The number of nitrogens with zero attached hydrogens (tertiary/aromatic N) is 2. The highest BCUT2D eigenvalue weighted by Crippen LogP contribution is 2.19. The molecule has 1 heterocycles. The highest BCUT2D eigenvalue weighted by Gasteiger charge is 2.12. The normalized spacial score (nSPS) is 11.4. The van der Waals surface area contributed by atoms with Crippen molar-refractivity contribution in [1.82, 2.24) is 14.9 Å². The van der Waals surface area contributed by atoms with Gasteiger partial charge in [-0.25, -0.2) is 4.98 Å². The van der Waals surface area contributed by atoms with E-state index < -0.39 is 0 Å². The summed E-state index contributed by atoms with van der Waals surface area (Å²) in [6.45, 7) is 1.78. The number of carbonyl (C=O) groups excluding carboxylic acids is 2. The highest BCUT2D eigenvalue weighted by atomic mass is 16.5. The molecule has 178 valence electrons. The zero-order chi connectivity index (χ0) is 24.6. The summed E-state index contributed by atoms with van der Waals surface area (Å²) in [5.74, 6) is 0.648. The number of hydrogen-bond donors (Lipinski definition) is 2. The summed E-state index contributed by atoms with van der Waals surface area (Å²) in [5, 5.41) is 5.75. The number of benzene rings is 3. The van der Waals surface area contributed by atoms with Crippen LogP contribution in [0.2, 0.25) is 0 Å². The molecule has 8 heteroatoms. The Bertz CT molecular complexity index is 1270. The van der Waals surface area contributed by atoms with Gasteiger partial charge in [0.25, 0.3) is 11.8 Å². The third-order valence-electron chi connectivity index (χ3n) is 5.38. The van der Waals surface area contributed by atoms with Gasteiger partial charge in [-0.1, -0.05) is 18.2 Å². The van der Waals surface area contributed by atoms with Gasteiger partial charge in [-0.3, -0.25) is 9.59 Å². The zero-order valence-corrected chi connectivity index (χ0v) is 19.5. The lowest BCUT2D eigenvalue weighted by Crippen LogP contribution is -2.26. The smallest absolute Gasteiger partial charge is 0.262 e. The monoisotopic (exact) mass is 470 g/mol. The molecule has 0 spiro atoms. The van der Waals surface area contributed by atoms with Gasteiger partial charge in [0, 0.05) is 35.4 Å². The van der Waals surface area contributed by atoms with Gasteiger partial charge in [-0.15, -0.1) is 0 Å². The number of anilines is 1. The lowest BCUT2D eigenvalue weighted by molar-refractivity contribution is -0.118. The Hall–Kier alpha value is -4.59. The minimum atomic E-state index is -0.298. The molecule has 1 atom stereocenters. The maximum Gasteiger partial charge on any atom is 0.262 e. The molecule has 0 bridgehead atoms. The molecule has 0 aliphatic heterocycles. The highest BCUT2D eigenvalue weighted by molar-refractivity contribution is 5.94. The van der Waals surface area contributed by atoms with E-state index in [0.29, 0.717) is 22.7 Å². The van der Waals surface area contributed by atoms with Crippen molar-refractivity contribution in [3.05, 3.63) is 103 Å². The van der Waals surface area contributed by atoms with Crippen LogP contribution < -0.4 is 20.1 Å². The number of amides is 2. The molecule has 2 amide bonds. The molecule has 0 radical (unpaired) electrons. The average molecular weight is 471 g/mol. The molecule has 4 rings (SSSR count). The van der Waals surface area contributed by atoms with Crippen LogP contribution in [0.1, 0.15) is 28.9 Å². The third-order valence-corrected chi connectivity index (χ3v) is 5.38. The second kappa shape index (κ2) is 11.0. The molecule has 35 heavy (non-hydrogen) atoms. The van der Waals surface area contributed by atoms with Gasteiger partial charge in [-0.05, 0) is 61.0 Å². The lowest BCUT2D eigenvalue weighted by atomic mass is 10.1. The molecule has 4 aromatic rings. The summed E-state index contributed by atoms with van der Waals surface area (Å²) in [5.41, 5.74) is 3.11. The predicted octanol–water partition coefficient (Wildman–Crippen LogP) is 4.39. The van der Waals surface area contributed by atoms with Crippen molar-refractivity contribution in [2.75, 3.05) is 19.0 Å². The van der Waals surface area contributed by atoms with Crippen molar-refractivity contribution < 1.29 is 19.1 Å². The second-order valence-electron chi connectivity index (χ2n) is 7.85. The van der Waals surface area contributed by atoms with Crippen LogP contribution in [0, 0.1) is 0 Å². The molecular weight excluding hydrogens is 444 g/mol. The summed E-state index contributed by atoms with van der Waals surface area (Å²) in [6, 6.07) is 21.5. The molecule has 0 unspecified atom stereocenters. The van der Waals surface area contributed by atoms with Crippen LogP contribution in [-0.4, -0.2) is 35.1 Å². The Balaban J connectivity index is 1.27. The molecule has 0 saturated carbocycles. The molecule has 0 aliphatic carbocycles. The largest absolute Gasteiger partial charge is 0.497 e. The molecule has 0 saturated heterocycles. The summed E-state index contributed by atoms with van der Waals surface area (Å²) >= 11 is 0. The Morgan fingerprint density at radius 1 is 1.00 bits per heavy atom. The van der Waals surface area contributed by atoms with E-state index in [1.54, 1.807) is 68.2 Å². The molecular formula is C27H26N4O4. The minimum Gasteiger partial charge on any atom is -0.497 e. The number of carbonyl (C=O) groups is 2. The van der Waals surface area contributed by atoms with E-state index in [1.165, 1.54) is 0 Å². The molecule has 3 aromatic carbocycles. The quantitative estimate of drug-likeness (QED) is 0.378. The van der Waals surface area contributed by atoms with Crippen LogP contribution in [0.3, 0.4) is 0 Å². The van der Waals surface area contributed by atoms with Crippen molar-refractivity contribution in [2.45, 2.75) is 13.0 Å². The maximum atomic E-state index is 12.7. The van der Waals surface area contributed by atoms with Crippen LogP contribution in [0.4, 0.5) is 5.69 Å². The van der Waals surface area contributed by atoms with Gasteiger partial charge in [-0.2, -0.15) is 0 Å². The fraction of sp³-hybridized carbons (Fsp3) is 0.148. The summed E-state index contributed by atoms with van der Waals surface area (Å²) in [7, 11) is 1.56. The fourth-order valence-corrected chi connectivity index (χ4v) is 3.46. The number of imidazole rings is 1. The van der Waals surface area contributed by atoms with Crippen molar-refractivity contribution in [2.24, 2.45) is 0 Å². The first-order valence-electron chi connectivity index (χ1n) is 11.1. The molecule has 0 aliphatic rings. The van der Waals surface area contributed by atoms with Crippen LogP contribution in [0.15, 0.2) is 91.5 Å². The Morgan fingerprint density at radius 2 is 1.77 bits per heavy atom. The number of hydrogen-bond acceptors (Lipinski definition) is 5. The summed E-state index contributed by atoms with van der Waals surface area (Å²) in [4.78, 5) is 28.9. The molecule has 8 nitrogen and oxygen atoms in total. The van der Waals surface area contributed by atoms with E-state index in [9.17, 15) is 9.59 Å². The molecule has 1 aromatic heterocycles. The van der Waals surface area contributed by atoms with Crippen molar-refractivity contribution in [3.63, 3.8) is 0 Å². The van der Waals surface area contributed by atoms with E-state index in [4.69, 9.17) is 9.47 Å². The van der Waals surface area contributed by atoms with Gasteiger partial charge >= 0.3 is 0 Å². The van der Waals surface area contributed by atoms with E-state index in [0.717, 1.165) is 11.3 Å². The lowest BCUT2D eigenvalue weighted by Gasteiger charge is -2.15. The van der Waals surface area contributed by atoms with E-state index in [-0.39, 0.29) is 24.5 Å². The number of ether oxygens (including phenoxy) is 2. The van der Waals surface area contributed by atoms with Gasteiger partial charge in [0.15, 0.2) is 6.61 Å². The first-order chi connectivity index (χ1) is 17.0. The van der Waals surface area contributed by atoms with E-state index in [2.05, 4.69) is 15.6 Å². The average Bonchev–Trinajstić information content (AvgIpc) is 3.43. The predicted molar refractivity (Wildman–Crippen MR) is 133 cm³/mol. The standard InChI is InChI=1S/C27H26N4O4/c1-19(20-6-10-23(11-7-20)31-15-14-28-18-31)29-27(33)21-8-12-24(13-9-21)35-17-26(32)30-22-4-3-5-25(16-22)34-2/h3-16,18-19H,17H2,1-2H3,(H,29,33)(H,30,32)/t19-/m0/s1. The maximum absolute atomic E-state index is 12.7. The SMILES string of the molecule is COc1cccc(NC(=O)COc2ccc(C(=O)N[C@@H](C)c3ccc(-n4ccnc4)cc3)cc2)c1. The van der Waals surface area contributed by atoms with Crippen LogP contribution in [-0.2, 0) is 4.79 Å².